The van der Waals surface area contributed by atoms with E-state index in [0.717, 1.165) is 19.3 Å². The average Bonchev–Trinajstić information content (AvgIpc) is 3.17. The second-order valence-corrected chi connectivity index (χ2v) is 8.95. The van der Waals surface area contributed by atoms with Gasteiger partial charge in [-0.05, 0) is 43.2 Å². The Bertz CT molecular complexity index is 1020. The standard InChI is InChI=1S/C21H24N2O6S/c24-21(23-16-7-8-19-20(13-16)29-11-3-10-28-19)15-4-1-6-18(12-15)30(25,26)22-14-17-5-2-9-27-17/h1,4,6-8,12-13,17,22H,2-3,5,9-11,14H2,(H,23,24)/t17-/m1/s1. The summed E-state index contributed by atoms with van der Waals surface area (Å²) in [7, 11) is -3.74. The highest BCUT2D eigenvalue weighted by atomic mass is 32.2. The molecular formula is C21H24N2O6S. The summed E-state index contributed by atoms with van der Waals surface area (Å²) in [5.41, 5.74) is 0.774. The maximum Gasteiger partial charge on any atom is 0.255 e. The first-order valence-electron chi connectivity index (χ1n) is 9.94. The Hall–Kier alpha value is -2.62. The molecule has 1 saturated heterocycles. The fourth-order valence-electron chi connectivity index (χ4n) is 3.34. The molecule has 2 N–H and O–H groups in total. The van der Waals surface area contributed by atoms with Gasteiger partial charge in [0, 0.05) is 36.9 Å². The van der Waals surface area contributed by atoms with Crippen molar-refractivity contribution >= 4 is 21.6 Å². The minimum Gasteiger partial charge on any atom is -0.490 e. The molecule has 8 nitrogen and oxygen atoms in total. The molecule has 0 radical (unpaired) electrons. The van der Waals surface area contributed by atoms with Crippen LogP contribution in [0, 0.1) is 0 Å². The molecule has 0 aromatic heterocycles. The van der Waals surface area contributed by atoms with Crippen LogP contribution >= 0.6 is 0 Å². The number of rotatable bonds is 6. The van der Waals surface area contributed by atoms with E-state index in [0.29, 0.717) is 37.0 Å². The van der Waals surface area contributed by atoms with Crippen molar-refractivity contribution in [3.8, 4) is 11.5 Å². The number of carbonyl (C=O) groups is 1. The highest BCUT2D eigenvalue weighted by Gasteiger charge is 2.21. The summed E-state index contributed by atoms with van der Waals surface area (Å²) in [6.07, 6.45) is 2.45. The zero-order valence-corrected chi connectivity index (χ0v) is 17.2. The van der Waals surface area contributed by atoms with Gasteiger partial charge in [0.25, 0.3) is 5.91 Å². The van der Waals surface area contributed by atoms with Crippen LogP contribution in [0.2, 0.25) is 0 Å². The van der Waals surface area contributed by atoms with E-state index in [2.05, 4.69) is 10.0 Å². The van der Waals surface area contributed by atoms with Crippen LogP contribution < -0.4 is 19.5 Å². The molecule has 4 rings (SSSR count). The van der Waals surface area contributed by atoms with Crippen LogP contribution in [0.5, 0.6) is 11.5 Å². The van der Waals surface area contributed by atoms with Gasteiger partial charge in [-0.25, -0.2) is 13.1 Å². The van der Waals surface area contributed by atoms with E-state index in [-0.39, 0.29) is 23.1 Å². The number of hydrogen-bond donors (Lipinski definition) is 2. The molecule has 1 atom stereocenters. The van der Waals surface area contributed by atoms with Crippen LogP contribution in [0.25, 0.3) is 0 Å². The molecule has 2 aromatic rings. The molecule has 160 valence electrons. The number of fused-ring (bicyclic) bond motifs is 1. The van der Waals surface area contributed by atoms with Gasteiger partial charge in [-0.15, -0.1) is 0 Å². The molecule has 0 spiro atoms. The van der Waals surface area contributed by atoms with Crippen LogP contribution in [0.4, 0.5) is 5.69 Å². The summed E-state index contributed by atoms with van der Waals surface area (Å²) >= 11 is 0. The number of amides is 1. The highest BCUT2D eigenvalue weighted by Crippen LogP contribution is 2.32. The number of anilines is 1. The van der Waals surface area contributed by atoms with Crippen LogP contribution in [0.15, 0.2) is 47.4 Å². The van der Waals surface area contributed by atoms with Crippen molar-refractivity contribution < 1.29 is 27.4 Å². The first-order chi connectivity index (χ1) is 14.5. The minimum absolute atomic E-state index is 0.0341. The molecule has 0 saturated carbocycles. The Kier molecular flexibility index (Phi) is 6.21. The topological polar surface area (TPSA) is 103 Å². The zero-order valence-electron chi connectivity index (χ0n) is 16.4. The number of carbonyl (C=O) groups excluding carboxylic acids is 1. The lowest BCUT2D eigenvalue weighted by Crippen LogP contribution is -2.32. The summed E-state index contributed by atoms with van der Waals surface area (Å²) in [5.74, 6) is 0.788. The largest absolute Gasteiger partial charge is 0.490 e. The fourth-order valence-corrected chi connectivity index (χ4v) is 4.45. The molecule has 2 aliphatic heterocycles. The summed E-state index contributed by atoms with van der Waals surface area (Å²) in [6, 6.07) is 11.1. The number of ether oxygens (including phenoxy) is 3. The molecule has 2 heterocycles. The summed E-state index contributed by atoms with van der Waals surface area (Å²) in [5, 5.41) is 2.77. The molecule has 30 heavy (non-hydrogen) atoms. The van der Waals surface area contributed by atoms with Gasteiger partial charge in [0.1, 0.15) is 0 Å². The van der Waals surface area contributed by atoms with Gasteiger partial charge >= 0.3 is 0 Å². The second kappa shape index (κ2) is 9.03. The third-order valence-corrected chi connectivity index (χ3v) is 6.36. The third kappa shape index (κ3) is 4.92. The van der Waals surface area contributed by atoms with Crippen LogP contribution in [-0.2, 0) is 14.8 Å². The Morgan fingerprint density at radius 2 is 1.83 bits per heavy atom. The van der Waals surface area contributed by atoms with Gasteiger partial charge in [-0.2, -0.15) is 0 Å². The molecule has 0 unspecified atom stereocenters. The van der Waals surface area contributed by atoms with Crippen LogP contribution in [-0.4, -0.2) is 46.8 Å². The summed E-state index contributed by atoms with van der Waals surface area (Å²) < 4.78 is 44.4. The van der Waals surface area contributed by atoms with Gasteiger partial charge in [-0.3, -0.25) is 4.79 Å². The van der Waals surface area contributed by atoms with E-state index in [1.165, 1.54) is 12.1 Å². The third-order valence-electron chi connectivity index (χ3n) is 4.94. The van der Waals surface area contributed by atoms with Crippen molar-refractivity contribution in [3.05, 3.63) is 48.0 Å². The van der Waals surface area contributed by atoms with Crippen molar-refractivity contribution in [1.29, 1.82) is 0 Å². The molecule has 0 bridgehead atoms. The summed E-state index contributed by atoms with van der Waals surface area (Å²) in [4.78, 5) is 12.7. The van der Waals surface area contributed by atoms with Gasteiger partial charge in [0.2, 0.25) is 10.0 Å². The molecular weight excluding hydrogens is 408 g/mol. The van der Waals surface area contributed by atoms with Crippen LogP contribution in [0.3, 0.4) is 0 Å². The van der Waals surface area contributed by atoms with Gasteiger partial charge < -0.3 is 19.5 Å². The Morgan fingerprint density at radius 3 is 2.63 bits per heavy atom. The quantitative estimate of drug-likeness (QED) is 0.727. The van der Waals surface area contributed by atoms with E-state index < -0.39 is 15.9 Å². The predicted octanol–water partition coefficient (Wildman–Crippen LogP) is 2.56. The lowest BCUT2D eigenvalue weighted by molar-refractivity contribution is 0.102. The Balaban J connectivity index is 1.45. The number of hydrogen-bond acceptors (Lipinski definition) is 6. The molecule has 9 heteroatoms. The molecule has 0 aliphatic carbocycles. The first-order valence-corrected chi connectivity index (χ1v) is 11.4. The maximum atomic E-state index is 12.7. The number of sulfonamides is 1. The molecule has 2 aliphatic rings. The van der Waals surface area contributed by atoms with Crippen LogP contribution in [0.1, 0.15) is 29.6 Å². The van der Waals surface area contributed by atoms with Crippen molar-refractivity contribution in [2.75, 3.05) is 31.7 Å². The average molecular weight is 432 g/mol. The number of benzene rings is 2. The van der Waals surface area contributed by atoms with E-state index in [4.69, 9.17) is 14.2 Å². The van der Waals surface area contributed by atoms with Crippen molar-refractivity contribution in [2.45, 2.75) is 30.3 Å². The Morgan fingerprint density at radius 1 is 1.00 bits per heavy atom. The van der Waals surface area contributed by atoms with Gasteiger partial charge in [0.05, 0.1) is 24.2 Å². The predicted molar refractivity (Wildman–Crippen MR) is 111 cm³/mol. The lowest BCUT2D eigenvalue weighted by Gasteiger charge is -2.13. The lowest BCUT2D eigenvalue weighted by atomic mass is 10.2. The Labute approximate surface area is 175 Å². The SMILES string of the molecule is O=C(Nc1ccc2c(c1)OCCCO2)c1cccc(S(=O)(=O)NC[C@H]2CCCO2)c1. The monoisotopic (exact) mass is 432 g/mol. The van der Waals surface area contributed by atoms with E-state index in [9.17, 15) is 13.2 Å². The van der Waals surface area contributed by atoms with E-state index in [1.54, 1.807) is 30.3 Å². The first kappa shape index (κ1) is 20.6. The van der Waals surface area contributed by atoms with Crippen molar-refractivity contribution in [1.82, 2.24) is 4.72 Å². The summed E-state index contributed by atoms with van der Waals surface area (Å²) in [6.45, 7) is 2.00. The second-order valence-electron chi connectivity index (χ2n) is 7.18. The van der Waals surface area contributed by atoms with Gasteiger partial charge in [0.15, 0.2) is 11.5 Å². The normalized spacial score (nSPS) is 18.6. The smallest absolute Gasteiger partial charge is 0.255 e. The highest BCUT2D eigenvalue weighted by molar-refractivity contribution is 7.89. The molecule has 2 aromatic carbocycles. The van der Waals surface area contributed by atoms with E-state index >= 15 is 0 Å². The molecule has 1 fully saturated rings. The minimum atomic E-state index is -3.74. The zero-order chi connectivity index (χ0) is 21.0. The maximum absolute atomic E-state index is 12.7. The molecule has 1 amide bonds. The van der Waals surface area contributed by atoms with Crippen molar-refractivity contribution in [3.63, 3.8) is 0 Å². The number of nitrogens with one attached hydrogen (secondary N) is 2. The van der Waals surface area contributed by atoms with Crippen molar-refractivity contribution in [2.24, 2.45) is 0 Å². The van der Waals surface area contributed by atoms with Gasteiger partial charge in [-0.1, -0.05) is 6.07 Å². The van der Waals surface area contributed by atoms with E-state index in [1.807, 2.05) is 0 Å². The fraction of sp³-hybridized carbons (Fsp3) is 0.381.